The maximum Gasteiger partial charge on any atom is 0.281 e. The second-order valence-corrected chi connectivity index (χ2v) is 3.57. The van der Waals surface area contributed by atoms with E-state index in [1.165, 1.54) is 6.07 Å². The minimum atomic E-state index is -2.72. The number of rotatable bonds is 3. The Labute approximate surface area is 92.4 Å². The van der Waals surface area contributed by atoms with Crippen molar-refractivity contribution in [3.63, 3.8) is 0 Å². The highest BCUT2D eigenvalue weighted by molar-refractivity contribution is 9.10. The third kappa shape index (κ3) is 2.27. The van der Waals surface area contributed by atoms with E-state index in [2.05, 4.69) is 20.9 Å². The van der Waals surface area contributed by atoms with E-state index in [-0.39, 0.29) is 16.0 Å². The van der Waals surface area contributed by atoms with Gasteiger partial charge < -0.3 is 0 Å². The van der Waals surface area contributed by atoms with E-state index in [0.717, 1.165) is 0 Å². The Kier molecular flexibility index (Phi) is 3.95. The molecule has 14 heavy (non-hydrogen) atoms. The topological polar surface area (TPSA) is 30.0 Å². The van der Waals surface area contributed by atoms with Crippen molar-refractivity contribution in [3.8, 4) is 0 Å². The van der Waals surface area contributed by atoms with Crippen molar-refractivity contribution in [2.45, 2.75) is 12.3 Å². The Morgan fingerprint density at radius 2 is 2.29 bits per heavy atom. The van der Waals surface area contributed by atoms with Gasteiger partial charge in [0, 0.05) is 10.4 Å². The first-order valence-corrected chi connectivity index (χ1v) is 4.91. The minimum Gasteiger partial charge on any atom is -0.296 e. The highest BCUT2D eigenvalue weighted by Crippen LogP contribution is 2.27. The predicted octanol–water partition coefficient (Wildman–Crippen LogP) is 3.33. The summed E-state index contributed by atoms with van der Waals surface area (Å²) in [6.45, 7) is 0. The summed E-state index contributed by atoms with van der Waals surface area (Å²) < 4.78 is 24.8. The Morgan fingerprint density at radius 3 is 2.71 bits per heavy atom. The van der Waals surface area contributed by atoms with Crippen LogP contribution in [0.2, 0.25) is 0 Å². The molecule has 1 aromatic heterocycles. The average molecular weight is 284 g/mol. The van der Waals surface area contributed by atoms with Crippen LogP contribution in [0.3, 0.4) is 0 Å². The van der Waals surface area contributed by atoms with E-state index in [1.54, 1.807) is 0 Å². The molecule has 0 saturated carbocycles. The number of aromatic nitrogens is 1. The number of carbonyl (C=O) groups excluding carboxylic acids is 1. The molecule has 0 radical (unpaired) electrons. The first-order valence-electron chi connectivity index (χ1n) is 3.58. The summed E-state index contributed by atoms with van der Waals surface area (Å²) in [5.41, 5.74) is -0.0580. The lowest BCUT2D eigenvalue weighted by Gasteiger charge is -2.06. The van der Waals surface area contributed by atoms with Crippen molar-refractivity contribution in [1.29, 1.82) is 0 Å². The Bertz CT molecular complexity index is 359. The molecular weight excluding hydrogens is 279 g/mol. The van der Waals surface area contributed by atoms with Crippen LogP contribution in [-0.4, -0.2) is 11.3 Å². The number of nitrogens with zero attached hydrogens (tertiary/aromatic N) is 1. The van der Waals surface area contributed by atoms with Crippen LogP contribution in [0.5, 0.6) is 0 Å². The highest BCUT2D eigenvalue weighted by Gasteiger charge is 2.16. The fourth-order valence-corrected chi connectivity index (χ4v) is 1.67. The number of hydrogen-bond donors (Lipinski definition) is 0. The molecule has 0 aliphatic heterocycles. The second kappa shape index (κ2) is 4.79. The van der Waals surface area contributed by atoms with Crippen LogP contribution in [-0.2, 0) is 5.88 Å². The largest absolute Gasteiger partial charge is 0.296 e. The molecule has 0 fully saturated rings. The van der Waals surface area contributed by atoms with Crippen molar-refractivity contribution in [1.82, 2.24) is 4.98 Å². The van der Waals surface area contributed by atoms with Crippen LogP contribution in [0.1, 0.15) is 28.2 Å². The normalized spacial score (nSPS) is 10.6. The summed E-state index contributed by atoms with van der Waals surface area (Å²) in [6.07, 6.45) is -2.30. The number of alkyl halides is 3. The predicted molar refractivity (Wildman–Crippen MR) is 51.8 cm³/mol. The Morgan fingerprint density at radius 1 is 1.64 bits per heavy atom. The molecule has 0 unspecified atom stereocenters. The summed E-state index contributed by atoms with van der Waals surface area (Å²) >= 11 is 8.44. The quantitative estimate of drug-likeness (QED) is 0.629. The summed E-state index contributed by atoms with van der Waals surface area (Å²) in [5, 5.41) is 0. The third-order valence-corrected chi connectivity index (χ3v) is 2.50. The van der Waals surface area contributed by atoms with Gasteiger partial charge in [-0.05, 0) is 27.6 Å². The van der Waals surface area contributed by atoms with Crippen molar-refractivity contribution in [3.05, 3.63) is 27.5 Å². The Balaban J connectivity index is 3.30. The van der Waals surface area contributed by atoms with Crippen molar-refractivity contribution in [2.24, 2.45) is 0 Å². The molecule has 0 saturated heterocycles. The van der Waals surface area contributed by atoms with Crippen LogP contribution in [0.4, 0.5) is 8.78 Å². The van der Waals surface area contributed by atoms with E-state index in [4.69, 9.17) is 11.6 Å². The molecular formula is C8H5BrClF2NO. The van der Waals surface area contributed by atoms with E-state index >= 15 is 0 Å². The molecule has 2 nitrogen and oxygen atoms in total. The molecule has 0 aliphatic carbocycles. The van der Waals surface area contributed by atoms with Gasteiger partial charge in [-0.2, -0.15) is 0 Å². The molecule has 0 amide bonds. The van der Waals surface area contributed by atoms with Crippen LogP contribution >= 0.6 is 27.5 Å². The third-order valence-electron chi connectivity index (χ3n) is 1.58. The minimum absolute atomic E-state index is 0.0431. The van der Waals surface area contributed by atoms with Gasteiger partial charge in [-0.3, -0.25) is 4.79 Å². The monoisotopic (exact) mass is 283 g/mol. The molecule has 0 N–H and O–H groups in total. The van der Waals surface area contributed by atoms with Gasteiger partial charge in [0.25, 0.3) is 6.43 Å². The van der Waals surface area contributed by atoms with Gasteiger partial charge in [-0.15, -0.1) is 11.6 Å². The number of pyridine rings is 1. The van der Waals surface area contributed by atoms with E-state index in [0.29, 0.717) is 11.8 Å². The maximum absolute atomic E-state index is 12.3. The summed E-state index contributed by atoms with van der Waals surface area (Å²) in [6, 6.07) is 1.38. The molecule has 6 heteroatoms. The van der Waals surface area contributed by atoms with Gasteiger partial charge in [-0.1, -0.05) is 0 Å². The smallest absolute Gasteiger partial charge is 0.281 e. The van der Waals surface area contributed by atoms with E-state index in [9.17, 15) is 13.6 Å². The van der Waals surface area contributed by atoms with Gasteiger partial charge in [-0.25, -0.2) is 13.8 Å². The molecule has 0 bridgehead atoms. The van der Waals surface area contributed by atoms with Crippen LogP contribution < -0.4 is 0 Å². The first kappa shape index (κ1) is 11.5. The first-order chi connectivity index (χ1) is 6.60. The van der Waals surface area contributed by atoms with Crippen LogP contribution in [0.25, 0.3) is 0 Å². The number of halogens is 4. The van der Waals surface area contributed by atoms with E-state index < -0.39 is 12.1 Å². The van der Waals surface area contributed by atoms with Crippen molar-refractivity contribution >= 4 is 33.8 Å². The average Bonchev–Trinajstić information content (AvgIpc) is 2.16. The summed E-state index contributed by atoms with van der Waals surface area (Å²) in [5.74, 6) is 0.0587. The van der Waals surface area contributed by atoms with Gasteiger partial charge in [0.2, 0.25) is 0 Å². The molecule has 1 rings (SSSR count). The zero-order chi connectivity index (χ0) is 10.7. The Hall–Kier alpha value is -0.550. The maximum atomic E-state index is 12.3. The molecule has 1 heterocycles. The lowest BCUT2D eigenvalue weighted by molar-refractivity contribution is 0.111. The molecule has 0 spiro atoms. The van der Waals surface area contributed by atoms with Gasteiger partial charge >= 0.3 is 0 Å². The van der Waals surface area contributed by atoms with Crippen LogP contribution in [0, 0.1) is 0 Å². The zero-order valence-electron chi connectivity index (χ0n) is 6.81. The SMILES string of the molecule is O=Cc1nc(C(F)F)c(Br)cc1CCl. The molecule has 76 valence electrons. The number of carbonyl (C=O) groups is 1. The van der Waals surface area contributed by atoms with Gasteiger partial charge in [0.05, 0.1) is 0 Å². The highest BCUT2D eigenvalue weighted by atomic mass is 79.9. The fraction of sp³-hybridized carbons (Fsp3) is 0.250. The lowest BCUT2D eigenvalue weighted by atomic mass is 10.2. The van der Waals surface area contributed by atoms with Crippen molar-refractivity contribution in [2.75, 3.05) is 0 Å². The molecule has 0 atom stereocenters. The molecule has 0 aliphatic rings. The lowest BCUT2D eigenvalue weighted by Crippen LogP contribution is -2.01. The molecule has 1 aromatic rings. The zero-order valence-corrected chi connectivity index (χ0v) is 9.15. The van der Waals surface area contributed by atoms with E-state index in [1.807, 2.05) is 0 Å². The van der Waals surface area contributed by atoms with Crippen LogP contribution in [0.15, 0.2) is 10.5 Å². The standard InChI is InChI=1S/C8H5BrClF2NO/c9-5-1-4(2-10)6(3-14)13-7(5)8(11)12/h1,3,8H,2H2. The van der Waals surface area contributed by atoms with Gasteiger partial charge in [0.15, 0.2) is 6.29 Å². The second-order valence-electron chi connectivity index (χ2n) is 2.45. The summed E-state index contributed by atoms with van der Waals surface area (Å²) in [4.78, 5) is 14.0. The van der Waals surface area contributed by atoms with Crippen molar-refractivity contribution < 1.29 is 13.6 Å². The summed E-state index contributed by atoms with van der Waals surface area (Å²) in [7, 11) is 0. The van der Waals surface area contributed by atoms with Gasteiger partial charge in [0.1, 0.15) is 11.4 Å². The molecule has 0 aromatic carbocycles. The fourth-order valence-electron chi connectivity index (χ4n) is 0.918. The number of aldehydes is 1. The number of hydrogen-bond acceptors (Lipinski definition) is 2.